The summed E-state index contributed by atoms with van der Waals surface area (Å²) >= 11 is 0. The molecule has 4 rings (SSSR count). The van der Waals surface area contributed by atoms with Gasteiger partial charge in [-0.25, -0.2) is 8.42 Å². The van der Waals surface area contributed by atoms with E-state index in [-0.39, 0.29) is 18.0 Å². The minimum absolute atomic E-state index is 0.00275. The predicted octanol–water partition coefficient (Wildman–Crippen LogP) is 5.95. The Labute approximate surface area is 222 Å². The van der Waals surface area contributed by atoms with Crippen LogP contribution >= 0.6 is 0 Å². The lowest BCUT2D eigenvalue weighted by Gasteiger charge is -2.26. The van der Waals surface area contributed by atoms with Gasteiger partial charge in [-0.05, 0) is 41.0 Å². The van der Waals surface area contributed by atoms with Crippen LogP contribution in [0.25, 0.3) is 0 Å². The summed E-state index contributed by atoms with van der Waals surface area (Å²) in [7, 11) is 0.0804. The third-order valence-electron chi connectivity index (χ3n) is 5.91. The molecule has 0 unspecified atom stereocenters. The fourth-order valence-corrected chi connectivity index (χ4v) is 5.44. The molecule has 0 saturated heterocycles. The van der Waals surface area contributed by atoms with E-state index >= 15 is 0 Å². The normalized spacial score (nSPS) is 11.4. The minimum Gasteiger partial charge on any atom is -0.378 e. The molecule has 0 aliphatic carbocycles. The molecule has 0 atom stereocenters. The van der Waals surface area contributed by atoms with Crippen LogP contribution in [0.5, 0.6) is 0 Å². The summed E-state index contributed by atoms with van der Waals surface area (Å²) in [5.74, 6) is -0.204. The largest absolute Gasteiger partial charge is 0.378 e. The average molecular weight is 529 g/mol. The predicted molar refractivity (Wildman–Crippen MR) is 153 cm³/mol. The Morgan fingerprint density at radius 1 is 0.816 bits per heavy atom. The Morgan fingerprint density at radius 3 is 2.08 bits per heavy atom. The van der Waals surface area contributed by atoms with Crippen LogP contribution in [-0.4, -0.2) is 33.7 Å². The van der Waals surface area contributed by atoms with E-state index in [9.17, 15) is 18.5 Å². The van der Waals surface area contributed by atoms with E-state index in [4.69, 9.17) is 0 Å². The van der Waals surface area contributed by atoms with E-state index < -0.39 is 14.9 Å². The molecule has 194 valence electrons. The number of hydrogen-bond acceptors (Lipinski definition) is 6. The monoisotopic (exact) mass is 528 g/mol. The van der Waals surface area contributed by atoms with Crippen LogP contribution in [-0.2, 0) is 22.3 Å². The van der Waals surface area contributed by atoms with Crippen molar-refractivity contribution >= 4 is 39.0 Å². The molecule has 4 aromatic rings. The number of aliphatic imine (C=N–C) groups is 1. The second-order valence-corrected chi connectivity index (χ2v) is 10.8. The lowest BCUT2D eigenvalue weighted by molar-refractivity contribution is -0.384. The number of non-ortho nitro benzene ring substituents is 1. The molecule has 0 aliphatic rings. The zero-order chi connectivity index (χ0) is 27.1. The Bertz CT molecular complexity index is 1520. The number of sulfonamides is 1. The van der Waals surface area contributed by atoms with Crippen LogP contribution in [0.15, 0.2) is 108 Å². The first kappa shape index (κ1) is 26.6. The third kappa shape index (κ3) is 6.63. The number of para-hydroxylation sites is 2. The van der Waals surface area contributed by atoms with Gasteiger partial charge in [0.15, 0.2) is 0 Å². The second kappa shape index (κ2) is 11.7. The van der Waals surface area contributed by atoms with Crippen LogP contribution in [0.3, 0.4) is 0 Å². The molecule has 0 fully saturated rings. The van der Waals surface area contributed by atoms with Crippen molar-refractivity contribution in [1.29, 1.82) is 0 Å². The number of benzene rings is 4. The molecule has 38 heavy (non-hydrogen) atoms. The number of rotatable bonds is 10. The first-order valence-corrected chi connectivity index (χ1v) is 13.5. The molecule has 0 saturated carbocycles. The van der Waals surface area contributed by atoms with Crippen molar-refractivity contribution in [1.82, 2.24) is 0 Å². The number of hydrogen-bond donors (Lipinski definition) is 0. The van der Waals surface area contributed by atoms with E-state index in [1.807, 2.05) is 49.3 Å². The van der Waals surface area contributed by atoms with Gasteiger partial charge < -0.3 is 4.90 Å². The van der Waals surface area contributed by atoms with Gasteiger partial charge in [0.2, 0.25) is 10.0 Å². The van der Waals surface area contributed by atoms with Crippen LogP contribution < -0.4 is 9.21 Å². The van der Waals surface area contributed by atoms with Gasteiger partial charge in [-0.2, -0.15) is 0 Å². The van der Waals surface area contributed by atoms with Gasteiger partial charge in [-0.1, -0.05) is 66.7 Å². The molecule has 9 heteroatoms. The molecule has 0 spiro atoms. The zero-order valence-electron chi connectivity index (χ0n) is 21.1. The van der Waals surface area contributed by atoms with Crippen molar-refractivity contribution in [3.8, 4) is 0 Å². The van der Waals surface area contributed by atoms with Crippen LogP contribution in [0.2, 0.25) is 0 Å². The topological polar surface area (TPSA) is 96.1 Å². The molecular formula is C29H28N4O4S. The maximum absolute atomic E-state index is 13.8. The molecule has 0 heterocycles. The first-order chi connectivity index (χ1) is 18.2. The van der Waals surface area contributed by atoms with Crippen LogP contribution in [0, 0.1) is 10.1 Å². The Hall–Kier alpha value is -4.50. The third-order valence-corrected chi connectivity index (χ3v) is 7.61. The van der Waals surface area contributed by atoms with Gasteiger partial charge in [0.05, 0.1) is 28.6 Å². The molecule has 8 nitrogen and oxygen atoms in total. The first-order valence-electron chi connectivity index (χ1n) is 11.9. The van der Waals surface area contributed by atoms with Gasteiger partial charge >= 0.3 is 0 Å². The lowest BCUT2D eigenvalue weighted by atomic mass is 10.2. The molecule has 0 aromatic heterocycles. The Morgan fingerprint density at radius 2 is 1.45 bits per heavy atom. The summed E-state index contributed by atoms with van der Waals surface area (Å²) < 4.78 is 28.9. The minimum atomic E-state index is -3.85. The average Bonchev–Trinajstić information content (AvgIpc) is 2.91. The number of nitrogens with zero attached hydrogens (tertiary/aromatic N) is 4. The van der Waals surface area contributed by atoms with E-state index in [0.29, 0.717) is 22.5 Å². The second-order valence-electron chi connectivity index (χ2n) is 8.90. The van der Waals surface area contributed by atoms with Crippen molar-refractivity contribution < 1.29 is 13.3 Å². The fraction of sp³-hybridized carbons (Fsp3) is 0.138. The van der Waals surface area contributed by atoms with Gasteiger partial charge in [-0.15, -0.1) is 0 Å². The molecule has 0 amide bonds. The van der Waals surface area contributed by atoms with Crippen molar-refractivity contribution in [2.75, 3.05) is 23.3 Å². The summed E-state index contributed by atoms with van der Waals surface area (Å²) in [4.78, 5) is 17.2. The summed E-state index contributed by atoms with van der Waals surface area (Å²) in [5.41, 5.74) is 4.06. The molecule has 0 radical (unpaired) electrons. The highest BCUT2D eigenvalue weighted by Crippen LogP contribution is 2.33. The molecule has 0 bridgehead atoms. The van der Waals surface area contributed by atoms with E-state index in [1.54, 1.807) is 66.9 Å². The van der Waals surface area contributed by atoms with Gasteiger partial charge in [-0.3, -0.25) is 19.4 Å². The Balaban J connectivity index is 1.72. The number of nitro groups is 1. The Kier molecular flexibility index (Phi) is 8.18. The maximum Gasteiger partial charge on any atom is 0.269 e. The fourth-order valence-electron chi connectivity index (χ4n) is 3.87. The van der Waals surface area contributed by atoms with E-state index in [1.165, 1.54) is 16.4 Å². The standard InChI is InChI=1S/C29H28N4O4S/c1-31(2)26-16-12-23(13-17-26)20-30-28-10-6-7-11-29(28)32(21-24-14-18-27(19-15-24)33(34)35)38(36,37)22-25-8-4-3-5-9-25/h3-20H,21-22H2,1-2H3. The summed E-state index contributed by atoms with van der Waals surface area (Å²) in [5, 5.41) is 11.1. The van der Waals surface area contributed by atoms with Gasteiger partial charge in [0.1, 0.15) is 0 Å². The highest BCUT2D eigenvalue weighted by molar-refractivity contribution is 7.92. The summed E-state index contributed by atoms with van der Waals surface area (Å²) in [6.07, 6.45) is 1.70. The molecule has 4 aromatic carbocycles. The lowest BCUT2D eigenvalue weighted by Crippen LogP contribution is -2.31. The van der Waals surface area contributed by atoms with Crippen LogP contribution in [0.4, 0.5) is 22.7 Å². The van der Waals surface area contributed by atoms with Crippen LogP contribution in [0.1, 0.15) is 16.7 Å². The highest BCUT2D eigenvalue weighted by atomic mass is 32.2. The highest BCUT2D eigenvalue weighted by Gasteiger charge is 2.25. The number of nitro benzene ring substituents is 1. The van der Waals surface area contributed by atoms with Crippen molar-refractivity contribution in [2.24, 2.45) is 4.99 Å². The quantitative estimate of drug-likeness (QED) is 0.144. The van der Waals surface area contributed by atoms with Gasteiger partial charge in [0, 0.05) is 38.1 Å². The molecule has 0 N–H and O–H groups in total. The van der Waals surface area contributed by atoms with E-state index in [2.05, 4.69) is 4.99 Å². The zero-order valence-corrected chi connectivity index (χ0v) is 22.0. The smallest absolute Gasteiger partial charge is 0.269 e. The molecule has 0 aliphatic heterocycles. The van der Waals surface area contributed by atoms with Crippen molar-refractivity contribution in [3.05, 3.63) is 130 Å². The number of anilines is 2. The maximum atomic E-state index is 13.8. The molecular weight excluding hydrogens is 500 g/mol. The van der Waals surface area contributed by atoms with Crippen molar-refractivity contribution in [3.63, 3.8) is 0 Å². The van der Waals surface area contributed by atoms with E-state index in [0.717, 1.165) is 11.3 Å². The SMILES string of the molecule is CN(C)c1ccc(C=Nc2ccccc2N(Cc2ccc([N+](=O)[O-])cc2)S(=O)(=O)Cc2ccccc2)cc1. The van der Waals surface area contributed by atoms with Crippen molar-refractivity contribution in [2.45, 2.75) is 12.3 Å². The van der Waals surface area contributed by atoms with Gasteiger partial charge in [0.25, 0.3) is 5.69 Å². The summed E-state index contributed by atoms with van der Waals surface area (Å²) in [6, 6.07) is 29.8. The summed E-state index contributed by atoms with van der Waals surface area (Å²) in [6.45, 7) is -0.00275.